The Morgan fingerprint density at radius 1 is 1.11 bits per heavy atom. The number of thiophene rings is 1. The lowest BCUT2D eigenvalue weighted by atomic mass is 9.93. The summed E-state index contributed by atoms with van der Waals surface area (Å²) in [5.41, 5.74) is -3.25. The fraction of sp³-hybridized carbons (Fsp3) is 0.455. The largest absolute Gasteiger partial charge is 0.490 e. The number of carbonyl (C=O) groups is 2. The highest BCUT2D eigenvalue weighted by Gasteiger charge is 2.71. The summed E-state index contributed by atoms with van der Waals surface area (Å²) in [7, 11) is 0. The number of anilines is 1. The normalized spacial score (nSPS) is 25.5. The highest BCUT2D eigenvalue weighted by atomic mass is 32.1. The lowest BCUT2D eigenvalue weighted by molar-refractivity contribution is -0.192. The fourth-order valence-corrected chi connectivity index (χ4v) is 5.37. The van der Waals surface area contributed by atoms with Gasteiger partial charge in [0.1, 0.15) is 0 Å². The number of rotatable bonds is 3. The third-order valence-corrected chi connectivity index (χ3v) is 6.97. The van der Waals surface area contributed by atoms with Crippen LogP contribution in [0.25, 0.3) is 0 Å². The SMILES string of the molecule is Cc1cc(N2C[C@@]3(F)CN(Cc4ccc5c(c4)OCO5)C[C@@]3(F)C2=O)c(C)s1.O=C(O)C(F)(F)F. The van der Waals surface area contributed by atoms with Crippen LogP contribution >= 0.6 is 11.3 Å². The van der Waals surface area contributed by atoms with E-state index in [2.05, 4.69) is 0 Å². The second-order valence-corrected chi connectivity index (χ2v) is 10.1. The maximum absolute atomic E-state index is 15.7. The van der Waals surface area contributed by atoms with E-state index < -0.39 is 29.4 Å². The number of nitrogens with zero attached hydrogens (tertiary/aromatic N) is 2. The standard InChI is InChI=1S/C20H20F2N2O3S.C2HF3O2/c1-12-5-15(13(2)28-12)24-9-19(21)8-23(10-20(19,22)18(24)25)7-14-3-4-16-17(6-14)27-11-26-16;3-2(4,5)1(6)7/h3-6H,7-11H2,1-2H3;(H,6,7)/t19-,20+;/m0./s1. The number of hydrogen-bond donors (Lipinski definition) is 1. The highest BCUT2D eigenvalue weighted by molar-refractivity contribution is 7.12. The van der Waals surface area contributed by atoms with Crippen LogP contribution in [0.2, 0.25) is 0 Å². The van der Waals surface area contributed by atoms with Gasteiger partial charge in [0, 0.05) is 29.4 Å². The van der Waals surface area contributed by atoms with Crippen molar-refractivity contribution in [3.8, 4) is 11.5 Å². The van der Waals surface area contributed by atoms with Gasteiger partial charge in [-0.15, -0.1) is 11.3 Å². The summed E-state index contributed by atoms with van der Waals surface area (Å²) in [6, 6.07) is 7.29. The first-order chi connectivity index (χ1) is 16.2. The van der Waals surface area contributed by atoms with Crippen LogP contribution in [0.15, 0.2) is 24.3 Å². The smallest absolute Gasteiger partial charge is 0.475 e. The average molecular weight is 520 g/mol. The summed E-state index contributed by atoms with van der Waals surface area (Å²) in [6.45, 7) is 3.68. The number of carboxylic acids is 1. The Morgan fingerprint density at radius 2 is 1.77 bits per heavy atom. The maximum atomic E-state index is 15.7. The number of ether oxygens (including phenoxy) is 2. The van der Waals surface area contributed by atoms with Gasteiger partial charge in [0.05, 0.1) is 12.2 Å². The quantitative estimate of drug-likeness (QED) is 0.617. The molecule has 5 rings (SSSR count). The molecular formula is C22H21F5N2O5S. The average Bonchev–Trinajstić information content (AvgIpc) is 3.45. The molecule has 3 aliphatic rings. The third kappa shape index (κ3) is 4.54. The molecule has 3 aliphatic heterocycles. The van der Waals surface area contributed by atoms with Crippen LogP contribution in [0.3, 0.4) is 0 Å². The van der Waals surface area contributed by atoms with Crippen LogP contribution < -0.4 is 14.4 Å². The lowest BCUT2D eigenvalue weighted by Gasteiger charge is -2.22. The van der Waals surface area contributed by atoms with Crippen molar-refractivity contribution in [3.05, 3.63) is 39.6 Å². The van der Waals surface area contributed by atoms with E-state index in [0.717, 1.165) is 15.3 Å². The molecule has 2 saturated heterocycles. The van der Waals surface area contributed by atoms with Crippen molar-refractivity contribution >= 4 is 28.9 Å². The third-order valence-electron chi connectivity index (χ3n) is 6.01. The number of carboxylic acid groups (broad SMARTS) is 1. The summed E-state index contributed by atoms with van der Waals surface area (Å²) < 4.78 is 73.7. The second-order valence-electron chi connectivity index (χ2n) is 8.59. The molecule has 190 valence electrons. The molecule has 0 bridgehead atoms. The van der Waals surface area contributed by atoms with Crippen molar-refractivity contribution in [3.63, 3.8) is 0 Å². The zero-order valence-corrected chi connectivity index (χ0v) is 19.4. The van der Waals surface area contributed by atoms with Crippen molar-refractivity contribution in [1.82, 2.24) is 4.90 Å². The molecule has 1 aromatic carbocycles. The zero-order chi connectivity index (χ0) is 25.8. The van der Waals surface area contributed by atoms with Crippen molar-refractivity contribution in [2.75, 3.05) is 31.3 Å². The molecule has 13 heteroatoms. The van der Waals surface area contributed by atoms with Gasteiger partial charge in [0.2, 0.25) is 12.5 Å². The Hall–Kier alpha value is -2.93. The van der Waals surface area contributed by atoms with Crippen molar-refractivity contribution in [2.45, 2.75) is 37.9 Å². The molecule has 2 aromatic rings. The first kappa shape index (κ1) is 25.2. The van der Waals surface area contributed by atoms with Crippen LogP contribution in [-0.4, -0.2) is 65.8 Å². The molecule has 0 spiro atoms. The topological polar surface area (TPSA) is 79.3 Å². The van der Waals surface area contributed by atoms with Crippen molar-refractivity contribution in [2.24, 2.45) is 0 Å². The fourth-order valence-electron chi connectivity index (χ4n) is 4.45. The number of aliphatic carboxylic acids is 1. The molecule has 0 saturated carbocycles. The van der Waals surface area contributed by atoms with Crippen LogP contribution in [0, 0.1) is 13.8 Å². The van der Waals surface area contributed by atoms with Crippen LogP contribution in [0.4, 0.5) is 27.6 Å². The number of fused-ring (bicyclic) bond motifs is 2. The summed E-state index contributed by atoms with van der Waals surface area (Å²) in [5, 5.41) is 7.12. The Morgan fingerprint density at radius 3 is 2.34 bits per heavy atom. The Bertz CT molecular complexity index is 1170. The van der Waals surface area contributed by atoms with E-state index in [1.807, 2.05) is 32.0 Å². The van der Waals surface area contributed by atoms with Gasteiger partial charge in [-0.3, -0.25) is 9.69 Å². The first-order valence-electron chi connectivity index (χ1n) is 10.4. The molecule has 1 amide bonds. The molecule has 2 fully saturated rings. The molecular weight excluding hydrogens is 499 g/mol. The van der Waals surface area contributed by atoms with E-state index in [1.165, 1.54) is 16.2 Å². The van der Waals surface area contributed by atoms with Crippen molar-refractivity contribution in [1.29, 1.82) is 0 Å². The van der Waals surface area contributed by atoms with E-state index in [9.17, 15) is 18.0 Å². The van der Waals surface area contributed by atoms with Crippen LogP contribution in [0.5, 0.6) is 11.5 Å². The van der Waals surface area contributed by atoms with Crippen molar-refractivity contribution < 1.29 is 46.1 Å². The molecule has 0 aliphatic carbocycles. The van der Waals surface area contributed by atoms with Gasteiger partial charge in [-0.05, 0) is 37.6 Å². The van der Waals surface area contributed by atoms with E-state index in [1.54, 1.807) is 11.0 Å². The van der Waals surface area contributed by atoms with E-state index in [-0.39, 0.29) is 26.4 Å². The predicted molar refractivity (Wildman–Crippen MR) is 115 cm³/mol. The van der Waals surface area contributed by atoms with Gasteiger partial charge < -0.3 is 19.5 Å². The molecule has 7 nitrogen and oxygen atoms in total. The van der Waals surface area contributed by atoms with E-state index in [0.29, 0.717) is 23.7 Å². The number of aryl methyl sites for hydroxylation is 2. The minimum Gasteiger partial charge on any atom is -0.475 e. The number of halogens is 5. The molecule has 2 atom stereocenters. The maximum Gasteiger partial charge on any atom is 0.490 e. The highest BCUT2D eigenvalue weighted by Crippen LogP contribution is 2.48. The minimum absolute atomic E-state index is 0.123. The molecule has 0 radical (unpaired) electrons. The summed E-state index contributed by atoms with van der Waals surface area (Å²) >= 11 is 1.52. The predicted octanol–water partition coefficient (Wildman–Crippen LogP) is 4.01. The summed E-state index contributed by atoms with van der Waals surface area (Å²) in [5.74, 6) is -2.23. The zero-order valence-electron chi connectivity index (χ0n) is 18.6. The van der Waals surface area contributed by atoms with Crippen LogP contribution in [0.1, 0.15) is 15.3 Å². The molecule has 1 N–H and O–H groups in total. The Labute approximate surface area is 200 Å². The first-order valence-corrected chi connectivity index (χ1v) is 11.2. The Balaban J connectivity index is 0.000000364. The minimum atomic E-state index is -5.08. The number of benzene rings is 1. The van der Waals surface area contributed by atoms with Gasteiger partial charge in [-0.2, -0.15) is 13.2 Å². The van der Waals surface area contributed by atoms with Gasteiger partial charge in [-0.25, -0.2) is 13.6 Å². The number of likely N-dealkylation sites (tertiary alicyclic amines) is 1. The Kier molecular flexibility index (Phi) is 6.20. The van der Waals surface area contributed by atoms with Gasteiger partial charge in [0.25, 0.3) is 5.91 Å². The van der Waals surface area contributed by atoms with Gasteiger partial charge >= 0.3 is 12.1 Å². The van der Waals surface area contributed by atoms with Crippen LogP contribution in [-0.2, 0) is 16.1 Å². The van der Waals surface area contributed by atoms with Gasteiger partial charge in [-0.1, -0.05) is 6.07 Å². The van der Waals surface area contributed by atoms with Gasteiger partial charge in [0.15, 0.2) is 17.2 Å². The number of amides is 1. The summed E-state index contributed by atoms with van der Waals surface area (Å²) in [6.07, 6.45) is -5.08. The van der Waals surface area contributed by atoms with E-state index in [4.69, 9.17) is 19.4 Å². The number of hydrogen-bond acceptors (Lipinski definition) is 6. The number of alkyl halides is 5. The number of carbonyl (C=O) groups excluding carboxylic acids is 1. The molecule has 4 heterocycles. The molecule has 35 heavy (non-hydrogen) atoms. The molecule has 0 unspecified atom stereocenters. The summed E-state index contributed by atoms with van der Waals surface area (Å²) in [4.78, 5) is 26.6. The molecule has 1 aromatic heterocycles. The van der Waals surface area contributed by atoms with E-state index >= 15 is 8.78 Å². The lowest BCUT2D eigenvalue weighted by Crippen LogP contribution is -2.47. The second kappa shape index (κ2) is 8.63. The monoisotopic (exact) mass is 520 g/mol.